The molecular formula is C18H18F2N2O3. The van der Waals surface area contributed by atoms with Gasteiger partial charge in [0.2, 0.25) is 5.91 Å². The molecule has 0 aliphatic carbocycles. The molecule has 2 aromatic carbocycles. The second kappa shape index (κ2) is 8.23. The SMILES string of the molecule is COc1ccccc1N(CCNC(=O)c1ccc(F)c(F)c1)C(C)=O. The third-order valence-corrected chi connectivity index (χ3v) is 3.56. The van der Waals surface area contributed by atoms with E-state index in [1.54, 1.807) is 24.3 Å². The first-order valence-corrected chi connectivity index (χ1v) is 7.58. The molecule has 2 aromatic rings. The summed E-state index contributed by atoms with van der Waals surface area (Å²) in [7, 11) is 1.50. The maximum Gasteiger partial charge on any atom is 0.251 e. The van der Waals surface area contributed by atoms with Crippen LogP contribution in [0.25, 0.3) is 0 Å². The summed E-state index contributed by atoms with van der Waals surface area (Å²) in [5.74, 6) is -2.35. The molecule has 25 heavy (non-hydrogen) atoms. The van der Waals surface area contributed by atoms with Crippen LogP contribution in [0.3, 0.4) is 0 Å². The second-order valence-electron chi connectivity index (χ2n) is 5.23. The molecule has 0 bridgehead atoms. The molecule has 0 saturated carbocycles. The van der Waals surface area contributed by atoms with E-state index in [-0.39, 0.29) is 24.6 Å². The molecule has 0 heterocycles. The minimum absolute atomic E-state index is 0.00515. The fourth-order valence-corrected chi connectivity index (χ4v) is 2.32. The molecule has 0 saturated heterocycles. The van der Waals surface area contributed by atoms with Crippen molar-refractivity contribution in [2.75, 3.05) is 25.1 Å². The number of carbonyl (C=O) groups excluding carboxylic acids is 2. The highest BCUT2D eigenvalue weighted by molar-refractivity contribution is 5.95. The molecule has 5 nitrogen and oxygen atoms in total. The van der Waals surface area contributed by atoms with E-state index in [1.807, 2.05) is 0 Å². The van der Waals surface area contributed by atoms with Gasteiger partial charge in [-0.25, -0.2) is 8.78 Å². The molecule has 0 radical (unpaired) electrons. The highest BCUT2D eigenvalue weighted by atomic mass is 19.2. The van der Waals surface area contributed by atoms with Gasteiger partial charge in [0.1, 0.15) is 5.75 Å². The summed E-state index contributed by atoms with van der Waals surface area (Å²) in [4.78, 5) is 25.4. The largest absolute Gasteiger partial charge is 0.495 e. The Bertz CT molecular complexity index is 781. The summed E-state index contributed by atoms with van der Waals surface area (Å²) in [6.07, 6.45) is 0. The van der Waals surface area contributed by atoms with Gasteiger partial charge in [0.05, 0.1) is 12.8 Å². The number of halogens is 2. The van der Waals surface area contributed by atoms with E-state index in [0.717, 1.165) is 12.1 Å². The lowest BCUT2D eigenvalue weighted by molar-refractivity contribution is -0.116. The van der Waals surface area contributed by atoms with Crippen LogP contribution in [0, 0.1) is 11.6 Å². The van der Waals surface area contributed by atoms with E-state index in [4.69, 9.17) is 4.74 Å². The first-order valence-electron chi connectivity index (χ1n) is 7.58. The zero-order valence-corrected chi connectivity index (χ0v) is 13.9. The predicted octanol–water partition coefficient (Wildman–Crippen LogP) is 2.76. The van der Waals surface area contributed by atoms with Crippen molar-refractivity contribution in [3.63, 3.8) is 0 Å². The van der Waals surface area contributed by atoms with Crippen molar-refractivity contribution in [3.8, 4) is 5.75 Å². The fourth-order valence-electron chi connectivity index (χ4n) is 2.32. The Labute approximate surface area is 144 Å². The Kier molecular flexibility index (Phi) is 6.05. The summed E-state index contributed by atoms with van der Waals surface area (Å²) in [6.45, 7) is 1.74. The van der Waals surface area contributed by atoms with E-state index < -0.39 is 17.5 Å². The van der Waals surface area contributed by atoms with Crippen molar-refractivity contribution >= 4 is 17.5 Å². The van der Waals surface area contributed by atoms with Crippen LogP contribution in [-0.4, -0.2) is 32.0 Å². The van der Waals surface area contributed by atoms with Crippen molar-refractivity contribution in [2.24, 2.45) is 0 Å². The topological polar surface area (TPSA) is 58.6 Å². The zero-order valence-electron chi connectivity index (χ0n) is 13.9. The number of ether oxygens (including phenoxy) is 1. The van der Waals surface area contributed by atoms with Gasteiger partial charge in [-0.2, -0.15) is 0 Å². The third-order valence-electron chi connectivity index (χ3n) is 3.56. The van der Waals surface area contributed by atoms with Gasteiger partial charge < -0.3 is 15.0 Å². The molecule has 0 fully saturated rings. The first-order chi connectivity index (χ1) is 11.9. The number of benzene rings is 2. The van der Waals surface area contributed by atoms with E-state index in [2.05, 4.69) is 5.32 Å². The molecule has 0 unspecified atom stereocenters. The Morgan fingerprint density at radius 1 is 1.12 bits per heavy atom. The molecule has 1 N–H and O–H groups in total. The van der Waals surface area contributed by atoms with Crippen molar-refractivity contribution < 1.29 is 23.1 Å². The molecular weight excluding hydrogens is 330 g/mol. The van der Waals surface area contributed by atoms with E-state index in [1.165, 1.54) is 25.0 Å². The van der Waals surface area contributed by atoms with Gasteiger partial charge in [-0.1, -0.05) is 12.1 Å². The Morgan fingerprint density at radius 3 is 2.48 bits per heavy atom. The number of anilines is 1. The minimum atomic E-state index is -1.09. The van der Waals surface area contributed by atoms with Gasteiger partial charge >= 0.3 is 0 Å². The predicted molar refractivity (Wildman–Crippen MR) is 89.7 cm³/mol. The Balaban J connectivity index is 2.03. The molecule has 0 atom stereocenters. The minimum Gasteiger partial charge on any atom is -0.495 e. The van der Waals surface area contributed by atoms with Crippen molar-refractivity contribution in [1.29, 1.82) is 0 Å². The standard InChI is InChI=1S/C18H18F2N2O3/c1-12(23)22(16-5-3-4-6-17(16)25-2)10-9-21-18(24)13-7-8-14(19)15(20)11-13/h3-8,11H,9-10H2,1-2H3,(H,21,24). The van der Waals surface area contributed by atoms with Gasteiger partial charge in [0, 0.05) is 25.6 Å². The van der Waals surface area contributed by atoms with E-state index in [9.17, 15) is 18.4 Å². The number of hydrogen-bond donors (Lipinski definition) is 1. The molecule has 0 spiro atoms. The molecule has 0 aliphatic rings. The highest BCUT2D eigenvalue weighted by Gasteiger charge is 2.16. The average Bonchev–Trinajstić information content (AvgIpc) is 2.60. The van der Waals surface area contributed by atoms with Gasteiger partial charge in [0.15, 0.2) is 11.6 Å². The van der Waals surface area contributed by atoms with Crippen molar-refractivity contribution in [2.45, 2.75) is 6.92 Å². The Hall–Kier alpha value is -2.96. The number of amides is 2. The number of nitrogens with zero attached hydrogens (tertiary/aromatic N) is 1. The van der Waals surface area contributed by atoms with Gasteiger partial charge in [-0.05, 0) is 30.3 Å². The molecule has 0 aliphatic heterocycles. The lowest BCUT2D eigenvalue weighted by Gasteiger charge is -2.23. The third kappa shape index (κ3) is 4.53. The van der Waals surface area contributed by atoms with Crippen molar-refractivity contribution in [1.82, 2.24) is 5.32 Å². The van der Waals surface area contributed by atoms with Crippen LogP contribution < -0.4 is 15.0 Å². The average molecular weight is 348 g/mol. The summed E-state index contributed by atoms with van der Waals surface area (Å²) in [6, 6.07) is 9.92. The second-order valence-corrected chi connectivity index (χ2v) is 5.23. The fraction of sp³-hybridized carbons (Fsp3) is 0.222. The van der Waals surface area contributed by atoms with E-state index >= 15 is 0 Å². The number of methoxy groups -OCH3 is 1. The number of para-hydroxylation sites is 2. The lowest BCUT2D eigenvalue weighted by Crippen LogP contribution is -2.37. The van der Waals surface area contributed by atoms with Gasteiger partial charge in [-0.15, -0.1) is 0 Å². The van der Waals surface area contributed by atoms with Crippen LogP contribution in [0.1, 0.15) is 17.3 Å². The van der Waals surface area contributed by atoms with Gasteiger partial charge in [-0.3, -0.25) is 9.59 Å². The lowest BCUT2D eigenvalue weighted by atomic mass is 10.2. The highest BCUT2D eigenvalue weighted by Crippen LogP contribution is 2.27. The maximum absolute atomic E-state index is 13.2. The van der Waals surface area contributed by atoms with Crippen LogP contribution in [0.15, 0.2) is 42.5 Å². The smallest absolute Gasteiger partial charge is 0.251 e. The molecule has 2 amide bonds. The summed E-state index contributed by atoms with van der Waals surface area (Å²) in [5, 5.41) is 2.58. The van der Waals surface area contributed by atoms with Crippen LogP contribution in [0.2, 0.25) is 0 Å². The Morgan fingerprint density at radius 2 is 1.84 bits per heavy atom. The zero-order chi connectivity index (χ0) is 18.4. The number of rotatable bonds is 6. The van der Waals surface area contributed by atoms with Crippen LogP contribution in [0.5, 0.6) is 5.75 Å². The first kappa shape index (κ1) is 18.4. The molecule has 2 rings (SSSR count). The summed E-state index contributed by atoms with van der Waals surface area (Å²) >= 11 is 0. The van der Waals surface area contributed by atoms with Crippen LogP contribution in [-0.2, 0) is 4.79 Å². The monoisotopic (exact) mass is 348 g/mol. The molecule has 132 valence electrons. The summed E-state index contributed by atoms with van der Waals surface area (Å²) in [5.41, 5.74) is 0.588. The van der Waals surface area contributed by atoms with Gasteiger partial charge in [0.25, 0.3) is 5.91 Å². The van der Waals surface area contributed by atoms with Crippen molar-refractivity contribution in [3.05, 3.63) is 59.7 Å². The van der Waals surface area contributed by atoms with E-state index in [0.29, 0.717) is 11.4 Å². The summed E-state index contributed by atoms with van der Waals surface area (Å²) < 4.78 is 31.3. The number of hydrogen-bond acceptors (Lipinski definition) is 3. The number of carbonyl (C=O) groups is 2. The normalized spacial score (nSPS) is 10.2. The van der Waals surface area contributed by atoms with Crippen LogP contribution >= 0.6 is 0 Å². The quantitative estimate of drug-likeness (QED) is 0.873. The maximum atomic E-state index is 13.2. The molecule has 7 heteroatoms. The molecule has 0 aromatic heterocycles. The number of nitrogens with one attached hydrogen (secondary N) is 1. The van der Waals surface area contributed by atoms with Crippen LogP contribution in [0.4, 0.5) is 14.5 Å².